The molecule has 1 spiro atoms. The van der Waals surface area contributed by atoms with Gasteiger partial charge >= 0.3 is 5.97 Å². The monoisotopic (exact) mass is 437 g/mol. The summed E-state index contributed by atoms with van der Waals surface area (Å²) in [6.07, 6.45) is 4.41. The molecule has 2 fully saturated rings. The molecule has 0 radical (unpaired) electrons. The summed E-state index contributed by atoms with van der Waals surface area (Å²) in [5.41, 5.74) is 3.36. The molecule has 2 aliphatic heterocycles. The van der Waals surface area contributed by atoms with Gasteiger partial charge in [0.05, 0.1) is 37.5 Å². The number of amides is 1. The maximum absolute atomic E-state index is 13.4. The smallest absolute Gasteiger partial charge is 0.359 e. The van der Waals surface area contributed by atoms with E-state index >= 15 is 0 Å². The number of hydrogen-bond donors (Lipinski definition) is 0. The number of fused-ring (bicyclic) bond motifs is 1. The molecule has 32 heavy (non-hydrogen) atoms. The first-order chi connectivity index (χ1) is 15.6. The first-order valence-electron chi connectivity index (χ1n) is 11.8. The van der Waals surface area contributed by atoms with Crippen LogP contribution in [0.15, 0.2) is 30.3 Å². The molecule has 0 atom stereocenters. The van der Waals surface area contributed by atoms with Crippen molar-refractivity contribution in [3.05, 3.63) is 52.8 Å². The molecular weight excluding hydrogens is 406 g/mol. The molecule has 1 saturated heterocycles. The topological polar surface area (TPSA) is 73.7 Å². The number of carbonyl (C=O) groups excluding carboxylic acids is 2. The fourth-order valence-electron chi connectivity index (χ4n) is 5.72. The number of hydrogen-bond acceptors (Lipinski definition) is 5. The molecule has 7 nitrogen and oxygen atoms in total. The molecule has 0 N–H and O–H groups in total. The molecule has 0 bridgehead atoms. The van der Waals surface area contributed by atoms with Crippen LogP contribution in [0, 0.1) is 5.41 Å². The molecular formula is C25H31N3O4. The van der Waals surface area contributed by atoms with E-state index in [1.165, 1.54) is 5.56 Å². The van der Waals surface area contributed by atoms with E-state index in [2.05, 4.69) is 17.2 Å². The fourth-order valence-corrected chi connectivity index (χ4v) is 5.72. The lowest BCUT2D eigenvalue weighted by Gasteiger charge is -2.36. The minimum Gasteiger partial charge on any atom is -0.461 e. The second-order valence-electron chi connectivity index (χ2n) is 9.22. The number of likely N-dealkylation sites (tertiary alicyclic amines) is 1. The third kappa shape index (κ3) is 3.72. The summed E-state index contributed by atoms with van der Waals surface area (Å²) in [7, 11) is 0. The van der Waals surface area contributed by atoms with E-state index in [4.69, 9.17) is 9.47 Å². The van der Waals surface area contributed by atoms with Gasteiger partial charge in [-0.15, -0.1) is 0 Å². The summed E-state index contributed by atoms with van der Waals surface area (Å²) in [6.45, 7) is 5.40. The van der Waals surface area contributed by atoms with E-state index in [0.717, 1.165) is 49.9 Å². The highest BCUT2D eigenvalue weighted by atomic mass is 16.5. The van der Waals surface area contributed by atoms with Gasteiger partial charge in [-0.25, -0.2) is 4.79 Å². The Balaban J connectivity index is 1.32. The highest BCUT2D eigenvalue weighted by Gasteiger charge is 2.49. The molecule has 7 heteroatoms. The van der Waals surface area contributed by atoms with E-state index in [1.807, 2.05) is 34.7 Å². The van der Waals surface area contributed by atoms with Crippen LogP contribution in [0.5, 0.6) is 0 Å². The SMILES string of the molecule is CCOC(=O)c1nn2c(c1[C@H]1CC[C@]3(CCN(Cc4ccccc4)C3=O)CC1)COCC2. The Bertz CT molecular complexity index is 992. The van der Waals surface area contributed by atoms with Crippen LogP contribution in [-0.4, -0.2) is 46.3 Å². The number of benzene rings is 1. The summed E-state index contributed by atoms with van der Waals surface area (Å²) in [5, 5.41) is 4.59. The maximum Gasteiger partial charge on any atom is 0.359 e. The highest BCUT2D eigenvalue weighted by Crippen LogP contribution is 2.50. The third-order valence-electron chi connectivity index (χ3n) is 7.42. The van der Waals surface area contributed by atoms with Crippen molar-refractivity contribution in [3.63, 3.8) is 0 Å². The molecule has 5 rings (SSSR count). The van der Waals surface area contributed by atoms with Crippen LogP contribution in [0.2, 0.25) is 0 Å². The quantitative estimate of drug-likeness (QED) is 0.668. The Morgan fingerprint density at radius 1 is 1.19 bits per heavy atom. The van der Waals surface area contributed by atoms with Gasteiger partial charge in [-0.2, -0.15) is 5.10 Å². The normalized spacial score (nSPS) is 25.2. The van der Waals surface area contributed by atoms with Gasteiger partial charge in [-0.05, 0) is 50.5 Å². The van der Waals surface area contributed by atoms with E-state index in [1.54, 1.807) is 0 Å². The van der Waals surface area contributed by atoms with E-state index in [0.29, 0.717) is 44.5 Å². The molecule has 1 aromatic carbocycles. The minimum atomic E-state index is -0.351. The molecule has 1 aromatic heterocycles. The van der Waals surface area contributed by atoms with Crippen molar-refractivity contribution in [3.8, 4) is 0 Å². The number of ether oxygens (including phenoxy) is 2. The van der Waals surface area contributed by atoms with Crippen LogP contribution in [0.4, 0.5) is 0 Å². The predicted octanol–water partition coefficient (Wildman–Crippen LogP) is 3.67. The van der Waals surface area contributed by atoms with Crippen LogP contribution < -0.4 is 0 Å². The average molecular weight is 438 g/mol. The number of rotatable bonds is 5. The van der Waals surface area contributed by atoms with Gasteiger partial charge in [-0.3, -0.25) is 9.48 Å². The van der Waals surface area contributed by atoms with Gasteiger partial charge < -0.3 is 14.4 Å². The Kier molecular flexibility index (Phi) is 5.76. The van der Waals surface area contributed by atoms with Crippen LogP contribution in [0.25, 0.3) is 0 Å². The fraction of sp³-hybridized carbons (Fsp3) is 0.560. The number of esters is 1. The lowest BCUT2D eigenvalue weighted by Crippen LogP contribution is -2.37. The zero-order valence-electron chi connectivity index (χ0n) is 18.7. The Morgan fingerprint density at radius 3 is 2.72 bits per heavy atom. The molecule has 1 aliphatic carbocycles. The molecule has 170 valence electrons. The molecule has 1 amide bonds. The van der Waals surface area contributed by atoms with Crippen LogP contribution >= 0.6 is 0 Å². The molecule has 0 unspecified atom stereocenters. The summed E-state index contributed by atoms with van der Waals surface area (Å²) in [6, 6.07) is 10.2. The number of carbonyl (C=O) groups is 2. The van der Waals surface area contributed by atoms with Gasteiger partial charge in [0.1, 0.15) is 0 Å². The summed E-state index contributed by atoms with van der Waals surface area (Å²) >= 11 is 0. The average Bonchev–Trinajstić information content (AvgIpc) is 3.35. The molecule has 2 aromatic rings. The standard InChI is InChI=1S/C25H31N3O4/c1-2-32-23(29)22-21(20-17-31-15-14-28(20)26-22)19-8-10-25(11-9-19)12-13-27(24(25)30)16-18-6-4-3-5-7-18/h3-7,19H,2,8-17H2,1H3/t19-,25+. The van der Waals surface area contributed by atoms with Crippen LogP contribution in [-0.2, 0) is 34.0 Å². The summed E-state index contributed by atoms with van der Waals surface area (Å²) in [4.78, 5) is 28.1. The van der Waals surface area contributed by atoms with Gasteiger partial charge in [-0.1, -0.05) is 30.3 Å². The second-order valence-corrected chi connectivity index (χ2v) is 9.22. The summed E-state index contributed by atoms with van der Waals surface area (Å²) in [5.74, 6) is 0.155. The Morgan fingerprint density at radius 2 is 1.97 bits per heavy atom. The largest absolute Gasteiger partial charge is 0.461 e. The van der Waals surface area contributed by atoms with E-state index < -0.39 is 0 Å². The second kappa shape index (κ2) is 8.70. The van der Waals surface area contributed by atoms with Crippen molar-refractivity contribution in [2.24, 2.45) is 5.41 Å². The maximum atomic E-state index is 13.4. The Labute approximate surface area is 188 Å². The predicted molar refractivity (Wildman–Crippen MR) is 118 cm³/mol. The van der Waals surface area contributed by atoms with Gasteiger partial charge in [0.25, 0.3) is 0 Å². The van der Waals surface area contributed by atoms with Crippen molar-refractivity contribution < 1.29 is 19.1 Å². The molecule has 3 aliphatic rings. The zero-order chi connectivity index (χ0) is 22.1. The van der Waals surface area contributed by atoms with Gasteiger partial charge in [0.15, 0.2) is 5.69 Å². The van der Waals surface area contributed by atoms with E-state index in [9.17, 15) is 9.59 Å². The van der Waals surface area contributed by atoms with Crippen LogP contribution in [0.3, 0.4) is 0 Å². The zero-order valence-corrected chi connectivity index (χ0v) is 18.7. The number of aromatic nitrogens is 2. The molecule has 1 saturated carbocycles. The number of nitrogens with zero attached hydrogens (tertiary/aromatic N) is 3. The minimum absolute atomic E-state index is 0.210. The Hall–Kier alpha value is -2.67. The van der Waals surface area contributed by atoms with Crippen molar-refractivity contribution in [2.75, 3.05) is 19.8 Å². The summed E-state index contributed by atoms with van der Waals surface area (Å²) < 4.78 is 12.9. The van der Waals surface area contributed by atoms with Gasteiger partial charge in [0, 0.05) is 18.7 Å². The van der Waals surface area contributed by atoms with Crippen molar-refractivity contribution in [1.29, 1.82) is 0 Å². The van der Waals surface area contributed by atoms with Crippen molar-refractivity contribution in [1.82, 2.24) is 14.7 Å². The van der Waals surface area contributed by atoms with Crippen molar-refractivity contribution in [2.45, 2.75) is 64.6 Å². The molecule has 3 heterocycles. The lowest BCUT2D eigenvalue weighted by molar-refractivity contribution is -0.138. The first kappa shape index (κ1) is 21.2. The lowest BCUT2D eigenvalue weighted by atomic mass is 9.67. The van der Waals surface area contributed by atoms with E-state index in [-0.39, 0.29) is 17.3 Å². The first-order valence-corrected chi connectivity index (χ1v) is 11.8. The highest BCUT2D eigenvalue weighted by molar-refractivity contribution is 5.89. The van der Waals surface area contributed by atoms with Gasteiger partial charge in [0.2, 0.25) is 5.91 Å². The van der Waals surface area contributed by atoms with Crippen LogP contribution in [0.1, 0.15) is 72.3 Å². The third-order valence-corrected chi connectivity index (χ3v) is 7.42. The van der Waals surface area contributed by atoms with Crippen molar-refractivity contribution >= 4 is 11.9 Å².